The van der Waals surface area contributed by atoms with Crippen molar-refractivity contribution < 1.29 is 0 Å². The summed E-state index contributed by atoms with van der Waals surface area (Å²) in [5.41, 5.74) is 1.20. The zero-order valence-corrected chi connectivity index (χ0v) is 9.61. The van der Waals surface area contributed by atoms with Gasteiger partial charge in [0.15, 0.2) is 0 Å². The summed E-state index contributed by atoms with van der Waals surface area (Å²) in [4.78, 5) is 6.51. The van der Waals surface area contributed by atoms with Gasteiger partial charge in [0.05, 0.1) is 17.9 Å². The number of rotatable bonds is 1. The molecule has 1 saturated heterocycles. The molecular weight excluding hydrogens is 198 g/mol. The molecule has 0 spiro atoms. The summed E-state index contributed by atoms with van der Waals surface area (Å²) in [6.07, 6.45) is 4.80. The molecular formula is C13H17N3. The van der Waals surface area contributed by atoms with Crippen LogP contribution < -0.4 is 10.2 Å². The molecule has 0 amide bonds. The molecule has 0 bridgehead atoms. The lowest BCUT2D eigenvalue weighted by Gasteiger charge is -2.21. The van der Waals surface area contributed by atoms with E-state index >= 15 is 0 Å². The smallest absolute Gasteiger partial charge is 0.0707 e. The summed E-state index contributed by atoms with van der Waals surface area (Å²) in [5.74, 6) is 6.17. The minimum atomic E-state index is 0.340. The van der Waals surface area contributed by atoms with E-state index in [1.54, 1.807) is 0 Å². The second-order valence-corrected chi connectivity index (χ2v) is 3.89. The largest absolute Gasteiger partial charge is 0.369 e. The molecule has 1 atom stereocenters. The van der Waals surface area contributed by atoms with Crippen LogP contribution in [0.25, 0.3) is 0 Å². The minimum Gasteiger partial charge on any atom is -0.369 e. The van der Waals surface area contributed by atoms with Gasteiger partial charge in [0.2, 0.25) is 0 Å². The Hall–Kier alpha value is -1.53. The first-order valence-corrected chi connectivity index (χ1v) is 5.71. The van der Waals surface area contributed by atoms with Crippen LogP contribution in [0.5, 0.6) is 0 Å². The Morgan fingerprint density at radius 1 is 1.50 bits per heavy atom. The maximum Gasteiger partial charge on any atom is 0.0707 e. The van der Waals surface area contributed by atoms with Gasteiger partial charge in [0, 0.05) is 25.8 Å². The number of nitrogens with zero attached hydrogens (tertiary/aromatic N) is 2. The summed E-state index contributed by atoms with van der Waals surface area (Å²) in [6, 6.07) is 4.43. The van der Waals surface area contributed by atoms with Crippen LogP contribution in [-0.4, -0.2) is 30.7 Å². The van der Waals surface area contributed by atoms with Gasteiger partial charge in [-0.25, -0.2) is 0 Å². The van der Waals surface area contributed by atoms with Crippen LogP contribution in [0.15, 0.2) is 24.5 Å². The van der Waals surface area contributed by atoms with Gasteiger partial charge >= 0.3 is 0 Å². The lowest BCUT2D eigenvalue weighted by Crippen LogP contribution is -2.29. The van der Waals surface area contributed by atoms with Crippen molar-refractivity contribution in [2.75, 3.05) is 24.5 Å². The average Bonchev–Trinajstić information content (AvgIpc) is 2.57. The van der Waals surface area contributed by atoms with E-state index in [1.165, 1.54) is 5.69 Å². The molecule has 0 saturated carbocycles. The normalized spacial score (nSPS) is 20.8. The van der Waals surface area contributed by atoms with Gasteiger partial charge in [-0.3, -0.25) is 4.98 Å². The van der Waals surface area contributed by atoms with Crippen molar-refractivity contribution in [2.24, 2.45) is 0 Å². The summed E-state index contributed by atoms with van der Waals surface area (Å²) in [7, 11) is 0. The molecule has 16 heavy (non-hydrogen) atoms. The van der Waals surface area contributed by atoms with E-state index in [-0.39, 0.29) is 0 Å². The van der Waals surface area contributed by atoms with Crippen LogP contribution in [0.3, 0.4) is 0 Å². The van der Waals surface area contributed by atoms with Crippen LogP contribution in [-0.2, 0) is 0 Å². The maximum absolute atomic E-state index is 4.16. The lowest BCUT2D eigenvalue weighted by molar-refractivity contribution is 0.631. The van der Waals surface area contributed by atoms with Crippen molar-refractivity contribution in [3.05, 3.63) is 24.5 Å². The number of hydrogen-bond donors (Lipinski definition) is 1. The second kappa shape index (κ2) is 5.53. The highest BCUT2D eigenvalue weighted by molar-refractivity contribution is 5.43. The van der Waals surface area contributed by atoms with Crippen molar-refractivity contribution in [3.8, 4) is 11.8 Å². The molecule has 1 aromatic rings. The van der Waals surface area contributed by atoms with E-state index in [2.05, 4.69) is 33.1 Å². The first-order chi connectivity index (χ1) is 7.90. The second-order valence-electron chi connectivity index (χ2n) is 3.89. The fourth-order valence-corrected chi connectivity index (χ4v) is 1.97. The van der Waals surface area contributed by atoms with Gasteiger partial charge in [0.25, 0.3) is 0 Å². The number of pyridine rings is 1. The molecule has 3 heteroatoms. The standard InChI is InChI=1S/C13H17N3/c1-2-4-12-6-9-16(10-8-15-12)13-5-3-7-14-11-13/h3,5,7,11-12,15H,6,8-10H2,1H3. The first-order valence-electron chi connectivity index (χ1n) is 5.71. The Bertz CT molecular complexity index is 377. The Balaban J connectivity index is 2.01. The van der Waals surface area contributed by atoms with Gasteiger partial charge in [-0.1, -0.05) is 5.92 Å². The SMILES string of the molecule is CC#CC1CCN(c2cccnc2)CCN1. The van der Waals surface area contributed by atoms with E-state index in [0.29, 0.717) is 6.04 Å². The van der Waals surface area contributed by atoms with Crippen molar-refractivity contribution in [1.82, 2.24) is 10.3 Å². The highest BCUT2D eigenvalue weighted by atomic mass is 15.2. The summed E-state index contributed by atoms with van der Waals surface area (Å²) >= 11 is 0. The van der Waals surface area contributed by atoms with E-state index in [0.717, 1.165) is 26.1 Å². The predicted molar refractivity (Wildman–Crippen MR) is 66.3 cm³/mol. The summed E-state index contributed by atoms with van der Waals surface area (Å²) in [5, 5.41) is 3.45. The zero-order chi connectivity index (χ0) is 11.2. The number of hydrogen-bond acceptors (Lipinski definition) is 3. The van der Waals surface area contributed by atoms with Crippen molar-refractivity contribution in [3.63, 3.8) is 0 Å². The van der Waals surface area contributed by atoms with Crippen LogP contribution in [0.4, 0.5) is 5.69 Å². The molecule has 1 N–H and O–H groups in total. The number of nitrogens with one attached hydrogen (secondary N) is 1. The third-order valence-corrected chi connectivity index (χ3v) is 2.79. The first kappa shape index (κ1) is 11.0. The average molecular weight is 215 g/mol. The molecule has 1 fully saturated rings. The van der Waals surface area contributed by atoms with Gasteiger partial charge in [-0.2, -0.15) is 0 Å². The van der Waals surface area contributed by atoms with E-state index < -0.39 is 0 Å². The number of anilines is 1. The van der Waals surface area contributed by atoms with Crippen molar-refractivity contribution in [1.29, 1.82) is 0 Å². The van der Waals surface area contributed by atoms with Gasteiger partial charge in [0.1, 0.15) is 0 Å². The Morgan fingerprint density at radius 3 is 3.19 bits per heavy atom. The third-order valence-electron chi connectivity index (χ3n) is 2.79. The molecule has 2 rings (SSSR count). The van der Waals surface area contributed by atoms with Gasteiger partial charge in [-0.05, 0) is 25.5 Å². The van der Waals surface area contributed by atoms with Crippen molar-refractivity contribution >= 4 is 5.69 Å². The maximum atomic E-state index is 4.16. The Labute approximate surface area is 96.9 Å². The van der Waals surface area contributed by atoms with Crippen LogP contribution in [0.2, 0.25) is 0 Å². The number of aromatic nitrogens is 1. The monoisotopic (exact) mass is 215 g/mol. The molecule has 1 aliphatic rings. The molecule has 1 aliphatic heterocycles. The molecule has 0 aliphatic carbocycles. The van der Waals surface area contributed by atoms with Crippen LogP contribution in [0, 0.1) is 11.8 Å². The van der Waals surface area contributed by atoms with Gasteiger partial charge in [-0.15, -0.1) is 5.92 Å². The van der Waals surface area contributed by atoms with E-state index in [4.69, 9.17) is 0 Å². The topological polar surface area (TPSA) is 28.2 Å². The molecule has 0 aromatic carbocycles. The lowest BCUT2D eigenvalue weighted by atomic mass is 10.2. The molecule has 0 radical (unpaired) electrons. The van der Waals surface area contributed by atoms with Crippen LogP contribution >= 0.6 is 0 Å². The molecule has 1 aromatic heterocycles. The minimum absolute atomic E-state index is 0.340. The van der Waals surface area contributed by atoms with Gasteiger partial charge < -0.3 is 10.2 Å². The fourth-order valence-electron chi connectivity index (χ4n) is 1.97. The Kier molecular flexibility index (Phi) is 3.79. The summed E-state index contributed by atoms with van der Waals surface area (Å²) in [6.45, 7) is 4.94. The van der Waals surface area contributed by atoms with Crippen LogP contribution in [0.1, 0.15) is 13.3 Å². The predicted octanol–water partition coefficient (Wildman–Crippen LogP) is 1.27. The molecule has 2 heterocycles. The third kappa shape index (κ3) is 2.74. The van der Waals surface area contributed by atoms with Crippen molar-refractivity contribution in [2.45, 2.75) is 19.4 Å². The summed E-state index contributed by atoms with van der Waals surface area (Å²) < 4.78 is 0. The zero-order valence-electron chi connectivity index (χ0n) is 9.61. The van der Waals surface area contributed by atoms with E-state index in [1.807, 2.05) is 25.4 Å². The fraction of sp³-hybridized carbons (Fsp3) is 0.462. The molecule has 84 valence electrons. The highest BCUT2D eigenvalue weighted by Gasteiger charge is 2.14. The highest BCUT2D eigenvalue weighted by Crippen LogP contribution is 2.13. The molecule has 3 nitrogen and oxygen atoms in total. The quantitative estimate of drug-likeness (QED) is 0.715. The Morgan fingerprint density at radius 2 is 2.44 bits per heavy atom. The molecule has 1 unspecified atom stereocenters. The van der Waals surface area contributed by atoms with E-state index in [9.17, 15) is 0 Å².